The highest BCUT2D eigenvalue weighted by atomic mass is 16.5. The first kappa shape index (κ1) is 13.1. The summed E-state index contributed by atoms with van der Waals surface area (Å²) in [5.41, 5.74) is 0.801. The first-order valence-electron chi connectivity index (χ1n) is 5.29. The summed E-state index contributed by atoms with van der Waals surface area (Å²) in [5.74, 6) is 0.161. The van der Waals surface area contributed by atoms with Gasteiger partial charge >= 0.3 is 5.97 Å². The van der Waals surface area contributed by atoms with Crippen LogP contribution in [0.3, 0.4) is 0 Å². The number of benzene rings is 1. The van der Waals surface area contributed by atoms with Crippen LogP contribution in [0.2, 0.25) is 0 Å². The van der Waals surface area contributed by atoms with Crippen LogP contribution in [0.4, 0.5) is 0 Å². The highest BCUT2D eigenvalue weighted by Gasteiger charge is 2.15. The van der Waals surface area contributed by atoms with Crippen LogP contribution in [-0.2, 0) is 4.79 Å². The zero-order chi connectivity index (χ0) is 12.8. The Balaban J connectivity index is 3.28. The number of ether oxygens (including phenoxy) is 2. The molecule has 0 spiro atoms. The quantitative estimate of drug-likeness (QED) is 0.798. The van der Waals surface area contributed by atoms with Crippen LogP contribution in [0.5, 0.6) is 11.5 Å². The van der Waals surface area contributed by atoms with Crippen LogP contribution in [0.1, 0.15) is 18.9 Å². The molecule has 4 heteroatoms. The molecule has 17 heavy (non-hydrogen) atoms. The maximum Gasteiger partial charge on any atom is 0.336 e. The summed E-state index contributed by atoms with van der Waals surface area (Å²) in [6, 6.07) is 5.07. The second-order valence-electron chi connectivity index (χ2n) is 3.40. The third-order valence-corrected chi connectivity index (χ3v) is 2.34. The van der Waals surface area contributed by atoms with Gasteiger partial charge < -0.3 is 14.6 Å². The number of aliphatic carboxylic acids is 1. The summed E-state index contributed by atoms with van der Waals surface area (Å²) in [6.07, 6.45) is 2.31. The van der Waals surface area contributed by atoms with E-state index >= 15 is 0 Å². The van der Waals surface area contributed by atoms with E-state index in [-0.39, 0.29) is 5.57 Å². The van der Waals surface area contributed by atoms with E-state index in [4.69, 9.17) is 14.6 Å². The molecule has 92 valence electrons. The average Bonchev–Trinajstić information content (AvgIpc) is 2.35. The molecule has 1 aromatic rings. The van der Waals surface area contributed by atoms with Crippen molar-refractivity contribution in [1.29, 1.82) is 0 Å². The number of hydrogen-bond donors (Lipinski definition) is 1. The number of carboxylic acids is 1. The second kappa shape index (κ2) is 5.94. The lowest BCUT2D eigenvalue weighted by atomic mass is 10.0. The monoisotopic (exact) mass is 236 g/mol. The van der Waals surface area contributed by atoms with Crippen molar-refractivity contribution >= 4 is 11.5 Å². The zero-order valence-electron chi connectivity index (χ0n) is 10.2. The van der Waals surface area contributed by atoms with Crippen molar-refractivity contribution in [3.8, 4) is 11.5 Å². The molecule has 0 heterocycles. The standard InChI is InChI=1S/C13H16O4/c1-4-5-11(13(14)15)10-7-6-9(16-2)8-12(10)17-3/h5-8H,4H2,1-3H3,(H,14,15). The molecule has 0 radical (unpaired) electrons. The van der Waals surface area contributed by atoms with Crippen molar-refractivity contribution in [2.75, 3.05) is 14.2 Å². The number of methoxy groups -OCH3 is 2. The Morgan fingerprint density at radius 2 is 2.06 bits per heavy atom. The largest absolute Gasteiger partial charge is 0.497 e. The van der Waals surface area contributed by atoms with Gasteiger partial charge in [-0.2, -0.15) is 0 Å². The highest BCUT2D eigenvalue weighted by Crippen LogP contribution is 2.30. The Morgan fingerprint density at radius 3 is 2.53 bits per heavy atom. The molecule has 0 aliphatic heterocycles. The molecule has 0 aliphatic rings. The molecule has 0 fully saturated rings. The third kappa shape index (κ3) is 3.00. The predicted molar refractivity (Wildman–Crippen MR) is 65.4 cm³/mol. The molecular weight excluding hydrogens is 220 g/mol. The van der Waals surface area contributed by atoms with Crippen LogP contribution >= 0.6 is 0 Å². The van der Waals surface area contributed by atoms with Gasteiger partial charge in [0, 0.05) is 11.6 Å². The van der Waals surface area contributed by atoms with Crippen molar-refractivity contribution in [2.45, 2.75) is 13.3 Å². The van der Waals surface area contributed by atoms with Crippen molar-refractivity contribution in [1.82, 2.24) is 0 Å². The van der Waals surface area contributed by atoms with Gasteiger partial charge in [-0.15, -0.1) is 0 Å². The molecule has 0 bridgehead atoms. The topological polar surface area (TPSA) is 55.8 Å². The maximum absolute atomic E-state index is 11.2. The third-order valence-electron chi connectivity index (χ3n) is 2.34. The van der Waals surface area contributed by atoms with Gasteiger partial charge in [0.1, 0.15) is 11.5 Å². The molecule has 0 amide bonds. The Kier molecular flexibility index (Phi) is 4.57. The summed E-state index contributed by atoms with van der Waals surface area (Å²) in [7, 11) is 3.05. The highest BCUT2D eigenvalue weighted by molar-refractivity contribution is 6.16. The molecule has 1 rings (SSSR count). The van der Waals surface area contributed by atoms with Crippen molar-refractivity contribution in [3.05, 3.63) is 29.8 Å². The van der Waals surface area contributed by atoms with Gasteiger partial charge in [0.25, 0.3) is 0 Å². The fourth-order valence-corrected chi connectivity index (χ4v) is 1.54. The van der Waals surface area contributed by atoms with E-state index in [0.29, 0.717) is 23.5 Å². The van der Waals surface area contributed by atoms with E-state index in [0.717, 1.165) is 0 Å². The number of allylic oxidation sites excluding steroid dienone is 1. The Bertz CT molecular complexity index is 435. The van der Waals surface area contributed by atoms with Gasteiger partial charge in [-0.25, -0.2) is 4.79 Å². The summed E-state index contributed by atoms with van der Waals surface area (Å²) in [6.45, 7) is 1.89. The molecular formula is C13H16O4. The van der Waals surface area contributed by atoms with Gasteiger partial charge in [-0.1, -0.05) is 13.0 Å². The van der Waals surface area contributed by atoms with E-state index in [1.807, 2.05) is 6.92 Å². The summed E-state index contributed by atoms with van der Waals surface area (Å²) < 4.78 is 10.2. The fraction of sp³-hybridized carbons (Fsp3) is 0.308. The van der Waals surface area contributed by atoms with E-state index < -0.39 is 5.97 Å². The van der Waals surface area contributed by atoms with E-state index in [1.165, 1.54) is 7.11 Å². The van der Waals surface area contributed by atoms with Crippen LogP contribution < -0.4 is 9.47 Å². The maximum atomic E-state index is 11.2. The molecule has 0 atom stereocenters. The van der Waals surface area contributed by atoms with Crippen molar-refractivity contribution in [3.63, 3.8) is 0 Å². The number of hydrogen-bond acceptors (Lipinski definition) is 3. The van der Waals surface area contributed by atoms with Crippen LogP contribution in [0, 0.1) is 0 Å². The number of rotatable bonds is 5. The smallest absolute Gasteiger partial charge is 0.336 e. The Labute approximate surface area is 100 Å². The first-order valence-corrected chi connectivity index (χ1v) is 5.29. The minimum absolute atomic E-state index is 0.243. The zero-order valence-corrected chi connectivity index (χ0v) is 10.2. The van der Waals surface area contributed by atoms with Crippen LogP contribution in [0.15, 0.2) is 24.3 Å². The lowest BCUT2D eigenvalue weighted by Gasteiger charge is -2.10. The first-order chi connectivity index (χ1) is 8.13. The van der Waals surface area contributed by atoms with Gasteiger partial charge in [-0.05, 0) is 18.6 Å². The van der Waals surface area contributed by atoms with Crippen LogP contribution in [0.25, 0.3) is 5.57 Å². The molecule has 0 saturated heterocycles. The normalized spacial score (nSPS) is 11.1. The minimum Gasteiger partial charge on any atom is -0.497 e. The molecule has 0 aromatic heterocycles. The molecule has 0 unspecified atom stereocenters. The molecule has 4 nitrogen and oxygen atoms in total. The molecule has 1 N–H and O–H groups in total. The Hall–Kier alpha value is -1.97. The van der Waals surface area contributed by atoms with Crippen molar-refractivity contribution < 1.29 is 19.4 Å². The summed E-state index contributed by atoms with van der Waals surface area (Å²) in [4.78, 5) is 11.2. The average molecular weight is 236 g/mol. The van der Waals surface area contributed by atoms with Gasteiger partial charge in [0.2, 0.25) is 0 Å². The second-order valence-corrected chi connectivity index (χ2v) is 3.40. The SMILES string of the molecule is CCC=C(C(=O)O)c1ccc(OC)cc1OC. The number of carboxylic acid groups (broad SMARTS) is 1. The summed E-state index contributed by atoms with van der Waals surface area (Å²) >= 11 is 0. The lowest BCUT2D eigenvalue weighted by Crippen LogP contribution is -2.02. The van der Waals surface area contributed by atoms with Gasteiger partial charge in [-0.3, -0.25) is 0 Å². The van der Waals surface area contributed by atoms with E-state index in [2.05, 4.69) is 0 Å². The molecule has 1 aromatic carbocycles. The van der Waals surface area contributed by atoms with Crippen molar-refractivity contribution in [2.24, 2.45) is 0 Å². The van der Waals surface area contributed by atoms with Gasteiger partial charge in [0.15, 0.2) is 0 Å². The minimum atomic E-state index is -0.963. The Morgan fingerprint density at radius 1 is 1.35 bits per heavy atom. The van der Waals surface area contributed by atoms with Gasteiger partial charge in [0.05, 0.1) is 19.8 Å². The predicted octanol–water partition coefficient (Wildman–Crippen LogP) is 2.58. The lowest BCUT2D eigenvalue weighted by molar-refractivity contribution is -0.130. The van der Waals surface area contributed by atoms with Crippen LogP contribution in [-0.4, -0.2) is 25.3 Å². The summed E-state index contributed by atoms with van der Waals surface area (Å²) in [5, 5.41) is 9.15. The molecule has 0 saturated carbocycles. The fourth-order valence-electron chi connectivity index (χ4n) is 1.54. The molecule has 0 aliphatic carbocycles. The van der Waals surface area contributed by atoms with E-state index in [1.54, 1.807) is 31.4 Å². The number of carbonyl (C=O) groups is 1. The van der Waals surface area contributed by atoms with E-state index in [9.17, 15) is 4.79 Å².